The average Bonchev–Trinajstić information content (AvgIpc) is 3.14. The first-order chi connectivity index (χ1) is 9.69. The maximum Gasteiger partial charge on any atom is 0.150 e. The van der Waals surface area contributed by atoms with Crippen molar-refractivity contribution in [2.45, 2.75) is 25.4 Å². The standard InChI is InChI=1S/C15H13F2NOS/c16-13-6-10(9-19)7-14(17)15(13)18(11-3-4-11)8-12-2-1-5-20-12/h1-2,5-7,9,11H,3-4,8H2. The molecule has 0 unspecified atom stereocenters. The first kappa shape index (κ1) is 13.2. The zero-order chi connectivity index (χ0) is 14.1. The molecule has 1 heterocycles. The zero-order valence-electron chi connectivity index (χ0n) is 10.7. The Kier molecular flexibility index (Phi) is 3.53. The van der Waals surface area contributed by atoms with Crippen LogP contribution in [0.5, 0.6) is 0 Å². The van der Waals surface area contributed by atoms with E-state index in [2.05, 4.69) is 0 Å². The third kappa shape index (κ3) is 2.58. The van der Waals surface area contributed by atoms with Gasteiger partial charge in [0, 0.05) is 16.5 Å². The Bertz CT molecular complexity index is 600. The summed E-state index contributed by atoms with van der Waals surface area (Å²) in [5.74, 6) is -1.34. The lowest BCUT2D eigenvalue weighted by atomic mass is 10.1. The summed E-state index contributed by atoms with van der Waals surface area (Å²) < 4.78 is 28.3. The topological polar surface area (TPSA) is 20.3 Å². The maximum absolute atomic E-state index is 14.1. The van der Waals surface area contributed by atoms with E-state index in [0.717, 1.165) is 29.9 Å². The Morgan fingerprint density at radius 1 is 1.30 bits per heavy atom. The van der Waals surface area contributed by atoms with Gasteiger partial charge in [-0.3, -0.25) is 4.79 Å². The van der Waals surface area contributed by atoms with Crippen LogP contribution in [0.4, 0.5) is 14.5 Å². The number of hydrogen-bond donors (Lipinski definition) is 0. The summed E-state index contributed by atoms with van der Waals surface area (Å²) in [7, 11) is 0. The minimum absolute atomic E-state index is 0.0218. The van der Waals surface area contributed by atoms with Crippen molar-refractivity contribution >= 4 is 23.3 Å². The number of nitrogens with zero attached hydrogens (tertiary/aromatic N) is 1. The second-order valence-electron chi connectivity index (χ2n) is 4.89. The smallest absolute Gasteiger partial charge is 0.150 e. The van der Waals surface area contributed by atoms with E-state index in [9.17, 15) is 13.6 Å². The number of thiophene rings is 1. The molecule has 0 N–H and O–H groups in total. The summed E-state index contributed by atoms with van der Waals surface area (Å²) in [4.78, 5) is 13.5. The van der Waals surface area contributed by atoms with Crippen LogP contribution in [0.3, 0.4) is 0 Å². The number of carbonyl (C=O) groups excluding carboxylic acids is 1. The molecule has 5 heteroatoms. The van der Waals surface area contributed by atoms with Crippen LogP contribution >= 0.6 is 11.3 Å². The number of halogens is 2. The fraction of sp³-hybridized carbons (Fsp3) is 0.267. The van der Waals surface area contributed by atoms with Gasteiger partial charge in [-0.05, 0) is 36.4 Å². The molecule has 1 fully saturated rings. The summed E-state index contributed by atoms with van der Waals surface area (Å²) >= 11 is 1.57. The molecule has 2 nitrogen and oxygen atoms in total. The Morgan fingerprint density at radius 2 is 2.00 bits per heavy atom. The minimum Gasteiger partial charge on any atom is -0.359 e. The highest BCUT2D eigenvalue weighted by molar-refractivity contribution is 7.09. The average molecular weight is 293 g/mol. The Labute approximate surface area is 119 Å². The van der Waals surface area contributed by atoms with Gasteiger partial charge in [0.2, 0.25) is 0 Å². The number of rotatable bonds is 5. The van der Waals surface area contributed by atoms with Crippen LogP contribution in [0.25, 0.3) is 0 Å². The van der Waals surface area contributed by atoms with Crippen molar-refractivity contribution in [2.75, 3.05) is 4.90 Å². The Balaban J connectivity index is 1.97. The lowest BCUT2D eigenvalue weighted by molar-refractivity contribution is 0.112. The van der Waals surface area contributed by atoms with Gasteiger partial charge in [0.05, 0.1) is 6.54 Å². The largest absolute Gasteiger partial charge is 0.359 e. The molecule has 1 aromatic carbocycles. The van der Waals surface area contributed by atoms with Crippen LogP contribution in [0.1, 0.15) is 28.1 Å². The highest BCUT2D eigenvalue weighted by Gasteiger charge is 2.33. The van der Waals surface area contributed by atoms with E-state index in [1.165, 1.54) is 0 Å². The van der Waals surface area contributed by atoms with Crippen LogP contribution in [0.2, 0.25) is 0 Å². The van der Waals surface area contributed by atoms with E-state index in [1.807, 2.05) is 17.5 Å². The van der Waals surface area contributed by atoms with Gasteiger partial charge in [0.15, 0.2) is 0 Å². The molecule has 0 radical (unpaired) electrons. The van der Waals surface area contributed by atoms with Crippen molar-refractivity contribution in [3.05, 3.63) is 51.7 Å². The number of anilines is 1. The molecule has 0 spiro atoms. The van der Waals surface area contributed by atoms with Gasteiger partial charge < -0.3 is 4.90 Å². The fourth-order valence-corrected chi connectivity index (χ4v) is 2.98. The third-order valence-electron chi connectivity index (χ3n) is 3.36. The Morgan fingerprint density at radius 3 is 2.50 bits per heavy atom. The van der Waals surface area contributed by atoms with E-state index >= 15 is 0 Å². The molecule has 3 rings (SSSR count). The van der Waals surface area contributed by atoms with Crippen molar-refractivity contribution in [1.29, 1.82) is 0 Å². The molecule has 20 heavy (non-hydrogen) atoms. The van der Waals surface area contributed by atoms with Crippen LogP contribution in [0, 0.1) is 11.6 Å². The predicted molar refractivity (Wildman–Crippen MR) is 75.3 cm³/mol. The van der Waals surface area contributed by atoms with E-state index in [-0.39, 0.29) is 17.3 Å². The third-order valence-corrected chi connectivity index (χ3v) is 4.22. The van der Waals surface area contributed by atoms with E-state index in [0.29, 0.717) is 12.8 Å². The quantitative estimate of drug-likeness (QED) is 0.776. The first-order valence-electron chi connectivity index (χ1n) is 6.42. The van der Waals surface area contributed by atoms with Gasteiger partial charge in [-0.2, -0.15) is 0 Å². The van der Waals surface area contributed by atoms with Crippen LogP contribution < -0.4 is 4.90 Å². The van der Waals surface area contributed by atoms with E-state index in [4.69, 9.17) is 0 Å². The van der Waals surface area contributed by atoms with Crippen LogP contribution in [-0.4, -0.2) is 12.3 Å². The van der Waals surface area contributed by atoms with Crippen molar-refractivity contribution in [3.8, 4) is 0 Å². The van der Waals surface area contributed by atoms with Crippen molar-refractivity contribution < 1.29 is 13.6 Å². The second kappa shape index (κ2) is 5.32. The van der Waals surface area contributed by atoms with Crippen molar-refractivity contribution in [3.63, 3.8) is 0 Å². The summed E-state index contributed by atoms with van der Waals surface area (Å²) in [5, 5.41) is 1.95. The molecular weight excluding hydrogens is 280 g/mol. The molecule has 0 bridgehead atoms. The van der Waals surface area contributed by atoms with Gasteiger partial charge in [-0.15, -0.1) is 11.3 Å². The SMILES string of the molecule is O=Cc1cc(F)c(N(Cc2cccs2)C2CC2)c(F)c1. The molecular formula is C15H13F2NOS. The lowest BCUT2D eigenvalue weighted by Gasteiger charge is -2.25. The molecule has 0 saturated heterocycles. The highest BCUT2D eigenvalue weighted by Crippen LogP contribution is 2.36. The van der Waals surface area contributed by atoms with Gasteiger partial charge >= 0.3 is 0 Å². The molecule has 104 valence electrons. The molecule has 2 aromatic rings. The highest BCUT2D eigenvalue weighted by atomic mass is 32.1. The molecule has 1 aliphatic rings. The predicted octanol–water partition coefficient (Wildman–Crippen LogP) is 4.01. The number of carbonyl (C=O) groups is 1. The summed E-state index contributed by atoms with van der Waals surface area (Å²) in [6.07, 6.45) is 2.34. The van der Waals surface area contributed by atoms with Crippen molar-refractivity contribution in [2.24, 2.45) is 0 Å². The summed E-state index contributed by atoms with van der Waals surface area (Å²) in [6, 6.07) is 6.25. The number of hydrogen-bond acceptors (Lipinski definition) is 3. The van der Waals surface area contributed by atoms with Crippen LogP contribution in [-0.2, 0) is 6.54 Å². The van der Waals surface area contributed by atoms with Crippen molar-refractivity contribution in [1.82, 2.24) is 0 Å². The number of aldehydes is 1. The van der Waals surface area contributed by atoms with Gasteiger partial charge in [-0.25, -0.2) is 8.78 Å². The molecule has 1 aromatic heterocycles. The normalized spacial score (nSPS) is 14.3. The second-order valence-corrected chi connectivity index (χ2v) is 5.92. The lowest BCUT2D eigenvalue weighted by Crippen LogP contribution is -2.26. The molecule has 0 aliphatic heterocycles. The van der Waals surface area contributed by atoms with Gasteiger partial charge in [0.1, 0.15) is 23.6 Å². The maximum atomic E-state index is 14.1. The summed E-state index contributed by atoms with van der Waals surface area (Å²) in [5.41, 5.74) is 0.00196. The minimum atomic E-state index is -0.671. The molecule has 0 atom stereocenters. The molecule has 1 saturated carbocycles. The van der Waals surface area contributed by atoms with Gasteiger partial charge in [0.25, 0.3) is 0 Å². The zero-order valence-corrected chi connectivity index (χ0v) is 11.5. The summed E-state index contributed by atoms with van der Waals surface area (Å²) in [6.45, 7) is 0.497. The number of benzene rings is 1. The van der Waals surface area contributed by atoms with Crippen LogP contribution in [0.15, 0.2) is 29.6 Å². The molecule has 1 aliphatic carbocycles. The monoisotopic (exact) mass is 293 g/mol. The van der Waals surface area contributed by atoms with E-state index < -0.39 is 11.6 Å². The van der Waals surface area contributed by atoms with Gasteiger partial charge in [-0.1, -0.05) is 6.07 Å². The first-order valence-corrected chi connectivity index (χ1v) is 7.30. The Hall–Kier alpha value is -1.75. The fourth-order valence-electron chi connectivity index (χ4n) is 2.27. The van der Waals surface area contributed by atoms with E-state index in [1.54, 1.807) is 16.2 Å². The molecule has 0 amide bonds.